The van der Waals surface area contributed by atoms with E-state index in [4.69, 9.17) is 9.47 Å². The van der Waals surface area contributed by atoms with Crippen molar-refractivity contribution in [2.45, 2.75) is 38.3 Å². The Kier molecular flexibility index (Phi) is 5.58. The normalized spacial score (nSPS) is 16.7. The van der Waals surface area contributed by atoms with Crippen LogP contribution in [0.2, 0.25) is 0 Å². The third kappa shape index (κ3) is 3.62. The lowest BCUT2D eigenvalue weighted by Crippen LogP contribution is -2.42. The Morgan fingerprint density at radius 2 is 1.58 bits per heavy atom. The van der Waals surface area contributed by atoms with E-state index in [2.05, 4.69) is 4.57 Å². The van der Waals surface area contributed by atoms with Gasteiger partial charge in [-0.3, -0.25) is 0 Å². The summed E-state index contributed by atoms with van der Waals surface area (Å²) >= 11 is 0. The number of aryl methyl sites for hydroxylation is 3. The minimum atomic E-state index is -3.75. The summed E-state index contributed by atoms with van der Waals surface area (Å²) in [6.07, 6.45) is 2.00. The molecule has 164 valence electrons. The molecule has 6 nitrogen and oxygen atoms in total. The zero-order valence-corrected chi connectivity index (χ0v) is 19.4. The molecule has 4 rings (SSSR count). The molecule has 0 amide bonds. The van der Waals surface area contributed by atoms with Crippen LogP contribution in [0.5, 0.6) is 11.5 Å². The second-order valence-corrected chi connectivity index (χ2v) is 9.81. The number of hydrogen-bond acceptors (Lipinski definition) is 4. The zero-order valence-electron chi connectivity index (χ0n) is 18.5. The fourth-order valence-electron chi connectivity index (χ4n) is 4.67. The van der Waals surface area contributed by atoms with Crippen molar-refractivity contribution in [2.75, 3.05) is 20.8 Å². The number of hydrogen-bond donors (Lipinski definition) is 0. The summed E-state index contributed by atoms with van der Waals surface area (Å²) in [6.45, 7) is 6.71. The summed E-state index contributed by atoms with van der Waals surface area (Å²) in [5.74, 6) is 1.18. The molecule has 1 unspecified atom stereocenters. The maximum atomic E-state index is 14.0. The molecular formula is C24H28N2O4S. The molecule has 3 aromatic rings. The van der Waals surface area contributed by atoms with E-state index in [0.29, 0.717) is 29.5 Å². The Labute approximate surface area is 184 Å². The molecule has 7 heteroatoms. The summed E-state index contributed by atoms with van der Waals surface area (Å²) in [5, 5.41) is 0. The average Bonchev–Trinajstić information content (AvgIpc) is 3.20. The Bertz CT molecular complexity index is 1210. The lowest BCUT2D eigenvalue weighted by molar-refractivity contribution is 0.296. The van der Waals surface area contributed by atoms with Gasteiger partial charge < -0.3 is 14.0 Å². The number of benzene rings is 2. The highest BCUT2D eigenvalue weighted by molar-refractivity contribution is 7.89. The van der Waals surface area contributed by atoms with E-state index in [0.717, 1.165) is 27.9 Å². The first kappa shape index (κ1) is 21.5. The van der Waals surface area contributed by atoms with Crippen molar-refractivity contribution in [3.63, 3.8) is 0 Å². The van der Waals surface area contributed by atoms with Crippen LogP contribution in [-0.2, 0) is 16.6 Å². The molecule has 1 aliphatic heterocycles. The Morgan fingerprint density at radius 3 is 2.23 bits per heavy atom. The van der Waals surface area contributed by atoms with E-state index in [1.54, 1.807) is 18.5 Å². The quantitative estimate of drug-likeness (QED) is 0.596. The zero-order chi connectivity index (χ0) is 22.3. The number of ether oxygens (including phenoxy) is 2. The topological polar surface area (TPSA) is 60.8 Å². The third-order valence-corrected chi connectivity index (χ3v) is 8.06. The second kappa shape index (κ2) is 8.05. The molecule has 2 aromatic carbocycles. The predicted molar refractivity (Wildman–Crippen MR) is 120 cm³/mol. The highest BCUT2D eigenvalue weighted by Gasteiger charge is 2.39. The van der Waals surface area contributed by atoms with Gasteiger partial charge >= 0.3 is 0 Å². The maximum Gasteiger partial charge on any atom is 0.244 e. The van der Waals surface area contributed by atoms with Gasteiger partial charge in [-0.1, -0.05) is 23.8 Å². The van der Waals surface area contributed by atoms with Crippen molar-refractivity contribution in [3.05, 3.63) is 76.6 Å². The van der Waals surface area contributed by atoms with Crippen LogP contribution in [-0.4, -0.2) is 38.1 Å². The van der Waals surface area contributed by atoms with Crippen LogP contribution >= 0.6 is 0 Å². The smallest absolute Gasteiger partial charge is 0.244 e. The second-order valence-electron chi connectivity index (χ2n) is 7.99. The van der Waals surface area contributed by atoms with Crippen LogP contribution < -0.4 is 9.47 Å². The van der Waals surface area contributed by atoms with Crippen LogP contribution in [0.25, 0.3) is 0 Å². The molecular weight excluding hydrogens is 412 g/mol. The number of fused-ring (bicyclic) bond motifs is 1. The van der Waals surface area contributed by atoms with Gasteiger partial charge in [0, 0.05) is 25.0 Å². The Balaban J connectivity index is 1.90. The molecule has 0 radical (unpaired) electrons. The SMILES string of the molecule is COc1ccc(C2c3cccn3CCN2S(=O)(=O)c2c(C)cc(C)cc2C)cc1OC. The third-order valence-electron chi connectivity index (χ3n) is 5.89. The lowest BCUT2D eigenvalue weighted by Gasteiger charge is -2.37. The van der Waals surface area contributed by atoms with Gasteiger partial charge in [0.05, 0.1) is 25.2 Å². The number of nitrogens with zero attached hydrogens (tertiary/aromatic N) is 2. The molecule has 0 saturated heterocycles. The Hall–Kier alpha value is -2.77. The van der Waals surface area contributed by atoms with E-state index in [1.807, 2.05) is 69.4 Å². The summed E-state index contributed by atoms with van der Waals surface area (Å²) in [7, 11) is -0.577. The molecule has 0 aliphatic carbocycles. The van der Waals surface area contributed by atoms with Gasteiger partial charge in [-0.05, 0) is 61.7 Å². The molecule has 1 atom stereocenters. The highest BCUT2D eigenvalue weighted by atomic mass is 32.2. The summed E-state index contributed by atoms with van der Waals surface area (Å²) in [5.41, 5.74) is 4.36. The predicted octanol–water partition coefficient (Wildman–Crippen LogP) is 4.22. The maximum absolute atomic E-state index is 14.0. The summed E-state index contributed by atoms with van der Waals surface area (Å²) in [6, 6.07) is 12.9. The van der Waals surface area contributed by atoms with Crippen molar-refractivity contribution < 1.29 is 17.9 Å². The van der Waals surface area contributed by atoms with Crippen molar-refractivity contribution in [1.82, 2.24) is 8.87 Å². The summed E-state index contributed by atoms with van der Waals surface area (Å²) in [4.78, 5) is 0.392. The molecule has 2 heterocycles. The van der Waals surface area contributed by atoms with E-state index >= 15 is 0 Å². The monoisotopic (exact) mass is 440 g/mol. The molecule has 0 saturated carbocycles. The number of aromatic nitrogens is 1. The van der Waals surface area contributed by atoms with Crippen molar-refractivity contribution in [2.24, 2.45) is 0 Å². The van der Waals surface area contributed by atoms with Gasteiger partial charge in [0.15, 0.2) is 11.5 Å². The van der Waals surface area contributed by atoms with Crippen LogP contribution in [0, 0.1) is 20.8 Å². The standard InChI is InChI=1S/C24H28N2O4S/c1-16-13-17(2)24(18(3)14-16)31(27,28)26-12-11-25-10-6-7-20(25)23(26)19-8-9-21(29-4)22(15-19)30-5/h6-10,13-15,23H,11-12H2,1-5H3. The molecule has 0 fully saturated rings. The van der Waals surface area contributed by atoms with E-state index in [1.165, 1.54) is 0 Å². The van der Waals surface area contributed by atoms with Crippen LogP contribution in [0.1, 0.15) is 34.0 Å². The van der Waals surface area contributed by atoms with Crippen LogP contribution in [0.4, 0.5) is 0 Å². The molecule has 1 aromatic heterocycles. The molecule has 1 aliphatic rings. The number of sulfonamides is 1. The average molecular weight is 441 g/mol. The minimum Gasteiger partial charge on any atom is -0.493 e. The van der Waals surface area contributed by atoms with Crippen LogP contribution in [0.15, 0.2) is 53.6 Å². The number of methoxy groups -OCH3 is 2. The van der Waals surface area contributed by atoms with Gasteiger partial charge in [-0.25, -0.2) is 8.42 Å². The van der Waals surface area contributed by atoms with Crippen LogP contribution in [0.3, 0.4) is 0 Å². The highest BCUT2D eigenvalue weighted by Crippen LogP contribution is 2.40. The molecule has 0 bridgehead atoms. The van der Waals surface area contributed by atoms with Gasteiger partial charge in [0.25, 0.3) is 0 Å². The molecule has 31 heavy (non-hydrogen) atoms. The molecule has 0 N–H and O–H groups in total. The van der Waals surface area contributed by atoms with Crippen molar-refractivity contribution >= 4 is 10.0 Å². The van der Waals surface area contributed by atoms with Crippen molar-refractivity contribution in [3.8, 4) is 11.5 Å². The van der Waals surface area contributed by atoms with E-state index in [-0.39, 0.29) is 0 Å². The van der Waals surface area contributed by atoms with E-state index in [9.17, 15) is 8.42 Å². The first-order chi connectivity index (χ1) is 14.8. The summed E-state index contributed by atoms with van der Waals surface area (Å²) < 4.78 is 42.6. The fourth-order valence-corrected chi connectivity index (χ4v) is 6.67. The largest absolute Gasteiger partial charge is 0.493 e. The number of rotatable bonds is 5. The minimum absolute atomic E-state index is 0.385. The van der Waals surface area contributed by atoms with Gasteiger partial charge in [0.2, 0.25) is 10.0 Å². The lowest BCUT2D eigenvalue weighted by atomic mass is 10.0. The van der Waals surface area contributed by atoms with E-state index < -0.39 is 16.1 Å². The Morgan fingerprint density at radius 1 is 0.903 bits per heavy atom. The first-order valence-electron chi connectivity index (χ1n) is 10.2. The van der Waals surface area contributed by atoms with Gasteiger partial charge in [0.1, 0.15) is 0 Å². The fraction of sp³-hybridized carbons (Fsp3) is 0.333. The van der Waals surface area contributed by atoms with Gasteiger partial charge in [-0.2, -0.15) is 4.31 Å². The first-order valence-corrected chi connectivity index (χ1v) is 11.7. The molecule has 0 spiro atoms. The van der Waals surface area contributed by atoms with Crippen molar-refractivity contribution in [1.29, 1.82) is 0 Å². The van der Waals surface area contributed by atoms with Gasteiger partial charge in [-0.15, -0.1) is 0 Å².